The highest BCUT2D eigenvalue weighted by molar-refractivity contribution is 5.80. The number of benzene rings is 1. The molecule has 4 heteroatoms. The van der Waals surface area contributed by atoms with E-state index in [4.69, 9.17) is 10.5 Å². The molecule has 2 atom stereocenters. The summed E-state index contributed by atoms with van der Waals surface area (Å²) in [5.41, 5.74) is 8.36. The van der Waals surface area contributed by atoms with Crippen LogP contribution in [0.15, 0.2) is 18.2 Å². The zero-order chi connectivity index (χ0) is 14.7. The lowest BCUT2D eigenvalue weighted by Gasteiger charge is -2.18. The maximum atomic E-state index is 12.0. The molecule has 1 amide bonds. The van der Waals surface area contributed by atoms with Gasteiger partial charge in [0.2, 0.25) is 0 Å². The van der Waals surface area contributed by atoms with E-state index in [9.17, 15) is 4.79 Å². The molecular formula is C16H24N2O2. The average molecular weight is 276 g/mol. The Hall–Kier alpha value is -1.55. The summed E-state index contributed by atoms with van der Waals surface area (Å²) >= 11 is 0. The van der Waals surface area contributed by atoms with E-state index in [1.54, 1.807) is 6.92 Å². The second-order valence-corrected chi connectivity index (χ2v) is 5.87. The van der Waals surface area contributed by atoms with Crippen molar-refractivity contribution in [3.05, 3.63) is 29.3 Å². The second-order valence-electron chi connectivity index (χ2n) is 5.87. The molecule has 0 fully saturated rings. The second kappa shape index (κ2) is 6.27. The van der Waals surface area contributed by atoms with Gasteiger partial charge in [-0.1, -0.05) is 26.0 Å². The number of carbonyl (C=O) groups is 1. The van der Waals surface area contributed by atoms with Gasteiger partial charge in [-0.2, -0.15) is 0 Å². The first-order chi connectivity index (χ1) is 9.49. The van der Waals surface area contributed by atoms with Gasteiger partial charge in [0, 0.05) is 12.6 Å². The van der Waals surface area contributed by atoms with E-state index in [1.165, 1.54) is 0 Å². The fraction of sp³-hybridized carbons (Fsp3) is 0.562. The molecule has 110 valence electrons. The maximum absolute atomic E-state index is 12.0. The molecule has 0 heterocycles. The van der Waals surface area contributed by atoms with Gasteiger partial charge in [0.1, 0.15) is 5.75 Å². The molecule has 0 bridgehead atoms. The van der Waals surface area contributed by atoms with Crippen molar-refractivity contribution in [2.45, 2.75) is 45.8 Å². The molecule has 1 aromatic carbocycles. The predicted octanol–water partition coefficient (Wildman–Crippen LogP) is 2.17. The highest BCUT2D eigenvalue weighted by Crippen LogP contribution is 2.35. The van der Waals surface area contributed by atoms with Crippen LogP contribution in [0.4, 0.5) is 0 Å². The number of hydrogen-bond acceptors (Lipinski definition) is 3. The summed E-state index contributed by atoms with van der Waals surface area (Å²) in [7, 11) is 0. The Balaban J connectivity index is 2.02. The summed E-state index contributed by atoms with van der Waals surface area (Å²) in [5.74, 6) is 1.16. The fourth-order valence-corrected chi connectivity index (χ4v) is 2.46. The third-order valence-electron chi connectivity index (χ3n) is 3.63. The van der Waals surface area contributed by atoms with E-state index < -0.39 is 6.10 Å². The zero-order valence-electron chi connectivity index (χ0n) is 12.5. The molecule has 1 aliphatic rings. The molecule has 0 spiro atoms. The molecule has 0 saturated heterocycles. The number of hydrogen-bond donors (Lipinski definition) is 2. The van der Waals surface area contributed by atoms with Crippen molar-refractivity contribution in [1.29, 1.82) is 0 Å². The van der Waals surface area contributed by atoms with Gasteiger partial charge in [-0.15, -0.1) is 0 Å². The molecule has 0 aromatic heterocycles. The maximum Gasteiger partial charge on any atom is 0.260 e. The monoisotopic (exact) mass is 276 g/mol. The molecule has 1 aromatic rings. The van der Waals surface area contributed by atoms with Crippen molar-refractivity contribution in [1.82, 2.24) is 5.32 Å². The van der Waals surface area contributed by atoms with E-state index in [-0.39, 0.29) is 11.9 Å². The van der Waals surface area contributed by atoms with Crippen molar-refractivity contribution >= 4 is 5.91 Å². The minimum Gasteiger partial charge on any atom is -0.481 e. The summed E-state index contributed by atoms with van der Waals surface area (Å²) < 4.78 is 5.83. The molecule has 4 nitrogen and oxygen atoms in total. The highest BCUT2D eigenvalue weighted by atomic mass is 16.5. The summed E-state index contributed by atoms with van der Waals surface area (Å²) in [5, 5.41) is 2.89. The molecule has 0 radical (unpaired) electrons. The third-order valence-corrected chi connectivity index (χ3v) is 3.63. The smallest absolute Gasteiger partial charge is 0.260 e. The molecule has 3 N–H and O–H groups in total. The first-order valence-electron chi connectivity index (χ1n) is 7.30. The minimum absolute atomic E-state index is 0.0707. The van der Waals surface area contributed by atoms with Crippen LogP contribution in [-0.2, 0) is 11.2 Å². The molecule has 1 aliphatic carbocycles. The van der Waals surface area contributed by atoms with Gasteiger partial charge in [-0.3, -0.25) is 4.79 Å². The number of fused-ring (bicyclic) bond motifs is 1. The quantitative estimate of drug-likeness (QED) is 0.866. The normalized spacial score (nSPS) is 18.8. The fourth-order valence-electron chi connectivity index (χ4n) is 2.46. The molecular weight excluding hydrogens is 252 g/mol. The highest BCUT2D eigenvalue weighted by Gasteiger charge is 2.24. The van der Waals surface area contributed by atoms with Crippen LogP contribution in [0.1, 0.15) is 44.4 Å². The van der Waals surface area contributed by atoms with Crippen molar-refractivity contribution < 1.29 is 9.53 Å². The van der Waals surface area contributed by atoms with E-state index in [0.717, 1.165) is 29.7 Å². The van der Waals surface area contributed by atoms with Crippen molar-refractivity contribution in [3.63, 3.8) is 0 Å². The zero-order valence-corrected chi connectivity index (χ0v) is 12.5. The van der Waals surface area contributed by atoms with Gasteiger partial charge < -0.3 is 15.8 Å². The lowest BCUT2D eigenvalue weighted by Crippen LogP contribution is -2.38. The molecule has 2 rings (SSSR count). The Kier molecular flexibility index (Phi) is 4.65. The van der Waals surface area contributed by atoms with Gasteiger partial charge in [0.15, 0.2) is 6.10 Å². The van der Waals surface area contributed by atoms with Gasteiger partial charge in [-0.05, 0) is 42.9 Å². The largest absolute Gasteiger partial charge is 0.481 e. The van der Waals surface area contributed by atoms with Gasteiger partial charge in [-0.25, -0.2) is 0 Å². The number of amides is 1. The van der Waals surface area contributed by atoms with Crippen LogP contribution in [0.5, 0.6) is 5.75 Å². The lowest BCUT2D eigenvalue weighted by atomic mass is 10.1. The van der Waals surface area contributed by atoms with E-state index in [2.05, 4.69) is 19.2 Å². The van der Waals surface area contributed by atoms with Crippen LogP contribution in [0.3, 0.4) is 0 Å². The van der Waals surface area contributed by atoms with Crippen molar-refractivity contribution in [2.24, 2.45) is 11.7 Å². The summed E-state index contributed by atoms with van der Waals surface area (Å²) in [6, 6.07) is 6.00. The third kappa shape index (κ3) is 3.31. The summed E-state index contributed by atoms with van der Waals surface area (Å²) in [6.07, 6.45) is 1.38. The molecule has 0 aliphatic heterocycles. The number of rotatable bonds is 5. The summed E-state index contributed by atoms with van der Waals surface area (Å²) in [4.78, 5) is 12.0. The van der Waals surface area contributed by atoms with Crippen LogP contribution in [0, 0.1) is 5.92 Å². The SMILES string of the molecule is CC(C)CNC(=O)C(C)Oc1cccc2c1CCC2N. The van der Waals surface area contributed by atoms with E-state index in [1.807, 2.05) is 18.2 Å². The average Bonchev–Trinajstić information content (AvgIpc) is 2.79. The number of carbonyl (C=O) groups excluding carboxylic acids is 1. The Bertz CT molecular complexity index is 485. The van der Waals surface area contributed by atoms with Crippen LogP contribution in [0.25, 0.3) is 0 Å². The minimum atomic E-state index is -0.489. The van der Waals surface area contributed by atoms with Crippen LogP contribution in [-0.4, -0.2) is 18.6 Å². The van der Waals surface area contributed by atoms with Crippen molar-refractivity contribution in [3.8, 4) is 5.75 Å². The number of nitrogens with two attached hydrogens (primary N) is 1. The van der Waals surface area contributed by atoms with E-state index in [0.29, 0.717) is 12.5 Å². The van der Waals surface area contributed by atoms with Crippen LogP contribution in [0.2, 0.25) is 0 Å². The lowest BCUT2D eigenvalue weighted by molar-refractivity contribution is -0.127. The Morgan fingerprint density at radius 1 is 1.45 bits per heavy atom. The first kappa shape index (κ1) is 14.9. The Morgan fingerprint density at radius 2 is 2.20 bits per heavy atom. The predicted molar refractivity (Wildman–Crippen MR) is 79.6 cm³/mol. The standard InChI is InChI=1S/C16H24N2O2/c1-10(2)9-18-16(19)11(3)20-15-6-4-5-12-13(15)7-8-14(12)17/h4-6,10-11,14H,7-9,17H2,1-3H3,(H,18,19). The molecule has 0 saturated carbocycles. The number of ether oxygens (including phenoxy) is 1. The summed E-state index contributed by atoms with van der Waals surface area (Å²) in [6.45, 7) is 6.59. The van der Waals surface area contributed by atoms with E-state index >= 15 is 0 Å². The first-order valence-corrected chi connectivity index (χ1v) is 7.30. The topological polar surface area (TPSA) is 64.3 Å². The van der Waals surface area contributed by atoms with Crippen molar-refractivity contribution in [2.75, 3.05) is 6.54 Å². The Morgan fingerprint density at radius 3 is 2.90 bits per heavy atom. The number of nitrogens with one attached hydrogen (secondary N) is 1. The van der Waals surface area contributed by atoms with Crippen LogP contribution >= 0.6 is 0 Å². The van der Waals surface area contributed by atoms with Gasteiger partial charge in [0.05, 0.1) is 0 Å². The molecule has 2 unspecified atom stereocenters. The Labute approximate surface area is 120 Å². The van der Waals surface area contributed by atoms with Crippen LogP contribution < -0.4 is 15.8 Å². The van der Waals surface area contributed by atoms with Gasteiger partial charge >= 0.3 is 0 Å². The molecule has 20 heavy (non-hydrogen) atoms. The van der Waals surface area contributed by atoms with Gasteiger partial charge in [0.25, 0.3) is 5.91 Å².